The number of carbonyl (C=O) groups is 1. The molecule has 0 amide bonds. The summed E-state index contributed by atoms with van der Waals surface area (Å²) in [5.41, 5.74) is 17.6. The van der Waals surface area contributed by atoms with Gasteiger partial charge in [0.15, 0.2) is 0 Å². The minimum atomic E-state index is -0.747. The van der Waals surface area contributed by atoms with E-state index in [-0.39, 0.29) is 23.6 Å². The lowest BCUT2D eigenvalue weighted by atomic mass is 9.96. The molecule has 2 atom stereocenters. The largest absolute Gasteiger partial charge is 0.481 e. The van der Waals surface area contributed by atoms with Crippen molar-refractivity contribution in [2.75, 3.05) is 18.8 Å². The van der Waals surface area contributed by atoms with Gasteiger partial charge in [0.1, 0.15) is 5.70 Å². The quantitative estimate of drug-likeness (QED) is 0.309. The summed E-state index contributed by atoms with van der Waals surface area (Å²) in [5.74, 6) is -1.07. The van der Waals surface area contributed by atoms with Gasteiger partial charge in [0, 0.05) is 24.4 Å². The number of pyridine rings is 1. The molecule has 3 aromatic rings. The van der Waals surface area contributed by atoms with Crippen molar-refractivity contribution >= 4 is 17.6 Å². The molecular formula is C27H29N9O2. The molecule has 1 aliphatic heterocycles. The third-order valence-electron chi connectivity index (χ3n) is 6.54. The molecule has 1 aliphatic rings. The van der Waals surface area contributed by atoms with Gasteiger partial charge in [-0.05, 0) is 56.6 Å². The Bertz CT molecular complexity index is 1400. The number of hydrogen-bond donors (Lipinski definition) is 4. The molecule has 0 spiro atoms. The molecule has 0 radical (unpaired) electrons. The van der Waals surface area contributed by atoms with Crippen molar-refractivity contribution in [1.82, 2.24) is 25.2 Å². The molecule has 194 valence electrons. The standard InChI is InChI=1S/C27H29N9O2/c1-17(36-10-4-7-20(16-36)26(37)38)22-9-3-8-21(32-22)14-31-15-25(35-30)24-12-23(33-27(29)34-24)19-6-2-5-18(11-19)13-28/h2-3,5-6,8-9,11-12,15,17,20,30-31H,4,7,10,14,16H2,1H3,(H,37,38)(H2,29,33,34)/b25-15-,35-30?/t17-,20-/m1/s1. The Hall–Kier alpha value is -4.69. The zero-order chi connectivity index (χ0) is 27.1. The highest BCUT2D eigenvalue weighted by atomic mass is 16.4. The Balaban J connectivity index is 1.47. The van der Waals surface area contributed by atoms with E-state index in [4.69, 9.17) is 16.2 Å². The average Bonchev–Trinajstić information content (AvgIpc) is 2.94. The molecule has 2 aromatic heterocycles. The molecule has 11 nitrogen and oxygen atoms in total. The van der Waals surface area contributed by atoms with E-state index in [1.165, 1.54) is 0 Å². The van der Waals surface area contributed by atoms with Gasteiger partial charge in [-0.2, -0.15) is 10.4 Å². The van der Waals surface area contributed by atoms with Crippen LogP contribution in [0.3, 0.4) is 0 Å². The number of carboxylic acids is 1. The molecule has 3 heterocycles. The lowest BCUT2D eigenvalue weighted by molar-refractivity contribution is -0.143. The number of nitriles is 1. The third-order valence-corrected chi connectivity index (χ3v) is 6.54. The van der Waals surface area contributed by atoms with Gasteiger partial charge < -0.3 is 16.2 Å². The summed E-state index contributed by atoms with van der Waals surface area (Å²) in [6.45, 7) is 3.79. The molecule has 0 aliphatic carbocycles. The molecule has 0 saturated carbocycles. The second kappa shape index (κ2) is 12.0. The van der Waals surface area contributed by atoms with Gasteiger partial charge in [-0.25, -0.2) is 15.5 Å². The average molecular weight is 512 g/mol. The zero-order valence-corrected chi connectivity index (χ0v) is 21.0. The number of nitrogens with two attached hydrogens (primary N) is 1. The summed E-state index contributed by atoms with van der Waals surface area (Å²) in [6, 6.07) is 16.5. The van der Waals surface area contributed by atoms with E-state index in [0.29, 0.717) is 42.0 Å². The predicted octanol–water partition coefficient (Wildman–Crippen LogP) is 3.97. The number of aliphatic carboxylic acids is 1. The highest BCUT2D eigenvalue weighted by Crippen LogP contribution is 2.26. The second-order valence-corrected chi connectivity index (χ2v) is 9.11. The minimum Gasteiger partial charge on any atom is -0.481 e. The number of piperidine rings is 1. The highest BCUT2D eigenvalue weighted by Gasteiger charge is 2.29. The predicted molar refractivity (Wildman–Crippen MR) is 141 cm³/mol. The maximum Gasteiger partial charge on any atom is 0.307 e. The second-order valence-electron chi connectivity index (χ2n) is 9.11. The van der Waals surface area contributed by atoms with Crippen LogP contribution in [0.2, 0.25) is 0 Å². The number of nitrogens with zero attached hydrogens (tertiary/aromatic N) is 6. The summed E-state index contributed by atoms with van der Waals surface area (Å²) in [5, 5.41) is 25.3. The summed E-state index contributed by atoms with van der Waals surface area (Å²) >= 11 is 0. The smallest absolute Gasteiger partial charge is 0.307 e. The fraction of sp³-hybridized carbons (Fsp3) is 0.296. The maximum absolute atomic E-state index is 11.4. The molecule has 38 heavy (non-hydrogen) atoms. The molecule has 0 unspecified atom stereocenters. The van der Waals surface area contributed by atoms with Gasteiger partial charge >= 0.3 is 5.97 Å². The van der Waals surface area contributed by atoms with E-state index >= 15 is 0 Å². The van der Waals surface area contributed by atoms with Crippen LogP contribution < -0.4 is 11.1 Å². The molecule has 0 bridgehead atoms. The molecule has 5 N–H and O–H groups in total. The molecule has 1 fully saturated rings. The minimum absolute atomic E-state index is 0.00612. The molecule has 4 rings (SSSR count). The van der Waals surface area contributed by atoms with E-state index in [9.17, 15) is 15.2 Å². The number of likely N-dealkylation sites (tertiary alicyclic amines) is 1. The topological polar surface area (TPSA) is 177 Å². The molecular weight excluding hydrogens is 482 g/mol. The Morgan fingerprint density at radius 3 is 2.89 bits per heavy atom. The van der Waals surface area contributed by atoms with Crippen molar-refractivity contribution in [3.63, 3.8) is 0 Å². The third kappa shape index (κ3) is 6.35. The van der Waals surface area contributed by atoms with Crippen LogP contribution in [-0.4, -0.2) is 44.0 Å². The van der Waals surface area contributed by atoms with E-state index in [0.717, 1.165) is 24.4 Å². The number of nitrogen functional groups attached to an aromatic ring is 1. The van der Waals surface area contributed by atoms with E-state index in [1.54, 1.807) is 30.5 Å². The first kappa shape index (κ1) is 26.4. The Morgan fingerprint density at radius 2 is 2.13 bits per heavy atom. The molecule has 11 heteroatoms. The van der Waals surface area contributed by atoms with Gasteiger partial charge in [0.2, 0.25) is 5.95 Å². The zero-order valence-electron chi connectivity index (χ0n) is 21.0. The Labute approximate surface area is 220 Å². The number of rotatable bonds is 9. The van der Waals surface area contributed by atoms with Gasteiger partial charge in [-0.1, -0.05) is 18.2 Å². The first-order chi connectivity index (χ1) is 18.4. The maximum atomic E-state index is 11.4. The van der Waals surface area contributed by atoms with Crippen molar-refractivity contribution in [1.29, 1.82) is 10.8 Å². The van der Waals surface area contributed by atoms with Gasteiger partial charge in [-0.3, -0.25) is 14.7 Å². The fourth-order valence-corrected chi connectivity index (χ4v) is 4.48. The number of aromatic nitrogens is 3. The van der Waals surface area contributed by atoms with E-state index < -0.39 is 5.97 Å². The van der Waals surface area contributed by atoms with Crippen LogP contribution in [0.4, 0.5) is 5.95 Å². The van der Waals surface area contributed by atoms with Crippen LogP contribution in [0.25, 0.3) is 17.0 Å². The van der Waals surface area contributed by atoms with Crippen molar-refractivity contribution in [2.24, 2.45) is 11.0 Å². The summed E-state index contributed by atoms with van der Waals surface area (Å²) < 4.78 is 0. The normalized spacial score (nSPS) is 16.8. The van der Waals surface area contributed by atoms with Crippen LogP contribution in [0.5, 0.6) is 0 Å². The lowest BCUT2D eigenvalue weighted by Gasteiger charge is -2.35. The van der Waals surface area contributed by atoms with Crippen LogP contribution in [0, 0.1) is 22.8 Å². The first-order valence-corrected chi connectivity index (χ1v) is 12.3. The number of carboxylic acid groups (broad SMARTS) is 1. The van der Waals surface area contributed by atoms with Crippen LogP contribution in [-0.2, 0) is 11.3 Å². The summed E-state index contributed by atoms with van der Waals surface area (Å²) in [6.07, 6.45) is 3.13. The van der Waals surface area contributed by atoms with Crippen LogP contribution in [0.15, 0.2) is 59.8 Å². The fourth-order valence-electron chi connectivity index (χ4n) is 4.48. The number of hydrogen-bond acceptors (Lipinski definition) is 10. The number of nitrogens with one attached hydrogen (secondary N) is 2. The number of benzene rings is 1. The van der Waals surface area contributed by atoms with Crippen molar-refractivity contribution in [3.8, 4) is 17.3 Å². The number of anilines is 1. The highest BCUT2D eigenvalue weighted by molar-refractivity contribution is 5.70. The van der Waals surface area contributed by atoms with Crippen LogP contribution in [0.1, 0.15) is 48.5 Å². The molecule has 1 aromatic carbocycles. The first-order valence-electron chi connectivity index (χ1n) is 12.3. The van der Waals surface area contributed by atoms with Gasteiger partial charge in [0.05, 0.1) is 46.9 Å². The van der Waals surface area contributed by atoms with Gasteiger partial charge in [0.25, 0.3) is 0 Å². The van der Waals surface area contributed by atoms with Crippen molar-refractivity contribution < 1.29 is 9.90 Å². The Morgan fingerprint density at radius 1 is 1.32 bits per heavy atom. The van der Waals surface area contributed by atoms with Crippen molar-refractivity contribution in [2.45, 2.75) is 32.4 Å². The lowest BCUT2D eigenvalue weighted by Crippen LogP contribution is -2.40. The van der Waals surface area contributed by atoms with E-state index in [2.05, 4.69) is 31.4 Å². The Kier molecular flexibility index (Phi) is 8.35. The van der Waals surface area contributed by atoms with Crippen LogP contribution >= 0.6 is 0 Å². The van der Waals surface area contributed by atoms with Gasteiger partial charge in [-0.15, -0.1) is 0 Å². The SMILES string of the molecule is C[C@H](c1cccc(CN/C=C(\N=N)c2cc(-c3cccc(C#N)c3)nc(N)n2)n1)N1CCC[C@@H](C(=O)O)C1. The summed E-state index contributed by atoms with van der Waals surface area (Å²) in [7, 11) is 0. The summed E-state index contributed by atoms with van der Waals surface area (Å²) in [4.78, 5) is 26.9. The van der Waals surface area contributed by atoms with E-state index in [1.807, 2.05) is 31.2 Å². The molecule has 1 saturated heterocycles. The monoisotopic (exact) mass is 511 g/mol. The van der Waals surface area contributed by atoms with Crippen molar-refractivity contribution in [3.05, 3.63) is 77.4 Å².